The van der Waals surface area contributed by atoms with Crippen LogP contribution in [0.2, 0.25) is 0 Å². The van der Waals surface area contributed by atoms with Gasteiger partial charge >= 0.3 is 5.91 Å². The third-order valence-electron chi connectivity index (χ3n) is 4.87. The molecule has 158 valence electrons. The maximum Gasteiger partial charge on any atom is 0.302 e. The molecule has 8 nitrogen and oxygen atoms in total. The molecule has 0 aliphatic carbocycles. The van der Waals surface area contributed by atoms with Gasteiger partial charge in [0.25, 0.3) is 0 Å². The molecule has 0 saturated carbocycles. The second-order valence-corrected chi connectivity index (χ2v) is 6.82. The summed E-state index contributed by atoms with van der Waals surface area (Å²) in [4.78, 5) is 22.4. The number of methoxy groups -OCH3 is 1. The van der Waals surface area contributed by atoms with Crippen LogP contribution in [0.5, 0.6) is 11.5 Å². The summed E-state index contributed by atoms with van der Waals surface area (Å²) in [6.45, 7) is 2.27. The zero-order valence-electron chi connectivity index (χ0n) is 17.1. The van der Waals surface area contributed by atoms with E-state index in [1.54, 1.807) is 13.2 Å². The van der Waals surface area contributed by atoms with Crippen molar-refractivity contribution >= 4 is 28.3 Å². The van der Waals surface area contributed by atoms with E-state index >= 15 is 0 Å². The van der Waals surface area contributed by atoms with E-state index in [9.17, 15) is 4.79 Å². The lowest BCUT2D eigenvalue weighted by Gasteiger charge is -2.29. The molecule has 3 aromatic rings. The monoisotopic (exact) mass is 418 g/mol. The molecule has 0 fully saturated rings. The van der Waals surface area contributed by atoms with Gasteiger partial charge in [-0.25, -0.2) is 9.97 Å². The first-order valence-corrected chi connectivity index (χ1v) is 9.84. The molecule has 31 heavy (non-hydrogen) atoms. The summed E-state index contributed by atoms with van der Waals surface area (Å²) in [5.41, 5.74) is 2.35. The van der Waals surface area contributed by atoms with Crippen LogP contribution in [-0.4, -0.2) is 49.4 Å². The minimum Gasteiger partial charge on any atom is -0.491 e. The Morgan fingerprint density at radius 2 is 2.19 bits per heavy atom. The smallest absolute Gasteiger partial charge is 0.302 e. The maximum absolute atomic E-state index is 12.2. The van der Waals surface area contributed by atoms with Gasteiger partial charge in [-0.3, -0.25) is 9.69 Å². The Morgan fingerprint density at radius 1 is 1.29 bits per heavy atom. The second-order valence-electron chi connectivity index (χ2n) is 6.82. The van der Waals surface area contributed by atoms with Crippen molar-refractivity contribution < 1.29 is 19.0 Å². The first-order valence-electron chi connectivity index (χ1n) is 9.84. The fraction of sp³-hybridized carbons (Fsp3) is 0.261. The van der Waals surface area contributed by atoms with Gasteiger partial charge < -0.3 is 19.5 Å². The van der Waals surface area contributed by atoms with Crippen LogP contribution < -0.4 is 19.7 Å². The molecule has 0 bridgehead atoms. The number of hydrogen-bond acceptors (Lipinski definition) is 7. The van der Waals surface area contributed by atoms with Crippen molar-refractivity contribution in [1.29, 1.82) is 0 Å². The van der Waals surface area contributed by atoms with Crippen molar-refractivity contribution in [2.45, 2.75) is 6.54 Å². The van der Waals surface area contributed by atoms with E-state index in [-0.39, 0.29) is 0 Å². The van der Waals surface area contributed by atoms with Crippen LogP contribution in [0.15, 0.2) is 42.7 Å². The van der Waals surface area contributed by atoms with E-state index in [2.05, 4.69) is 21.2 Å². The number of aromatic nitrogens is 2. The maximum atomic E-state index is 12.2. The predicted octanol–water partition coefficient (Wildman–Crippen LogP) is 2.63. The van der Waals surface area contributed by atoms with E-state index in [4.69, 9.17) is 20.6 Å². The molecule has 1 aromatic heterocycles. The van der Waals surface area contributed by atoms with Crippen LogP contribution in [-0.2, 0) is 16.1 Å². The third kappa shape index (κ3) is 4.37. The standard InChI is InChI=1S/C23H22N4O4/c1-3-20(28)27-9-10-31-22-19(27)8-7-18-21(22)23(26-15-25-18)24-14-16-5-4-6-17(13-16)30-12-11-29-2/h1,4-8,13,15H,9-12,14H2,2H3,(H,24,25,26). The molecule has 1 N–H and O–H groups in total. The number of terminal acetylenes is 1. The zero-order chi connectivity index (χ0) is 21.6. The number of ether oxygens (including phenoxy) is 3. The summed E-state index contributed by atoms with van der Waals surface area (Å²) in [5, 5.41) is 4.06. The van der Waals surface area contributed by atoms with E-state index in [0.29, 0.717) is 61.1 Å². The topological polar surface area (TPSA) is 85.8 Å². The number of amides is 1. The number of hydrogen-bond donors (Lipinski definition) is 1. The van der Waals surface area contributed by atoms with Gasteiger partial charge in [0, 0.05) is 13.7 Å². The molecular weight excluding hydrogens is 396 g/mol. The normalized spacial score (nSPS) is 12.6. The lowest BCUT2D eigenvalue weighted by atomic mass is 10.1. The predicted molar refractivity (Wildman–Crippen MR) is 117 cm³/mol. The molecule has 8 heteroatoms. The van der Waals surface area contributed by atoms with Crippen molar-refractivity contribution in [3.8, 4) is 23.8 Å². The summed E-state index contributed by atoms with van der Waals surface area (Å²) >= 11 is 0. The van der Waals surface area contributed by atoms with Gasteiger partial charge in [-0.2, -0.15) is 0 Å². The van der Waals surface area contributed by atoms with Crippen molar-refractivity contribution in [2.75, 3.05) is 43.7 Å². The lowest BCUT2D eigenvalue weighted by molar-refractivity contribution is -0.113. The SMILES string of the molecule is C#CC(=O)N1CCOc2c1ccc1ncnc(NCc3cccc(OCCOC)c3)c21. The fourth-order valence-corrected chi connectivity index (χ4v) is 3.43. The first-order chi connectivity index (χ1) is 15.2. The Bertz CT molecular complexity index is 1140. The van der Waals surface area contributed by atoms with Crippen LogP contribution in [0.25, 0.3) is 10.9 Å². The molecule has 0 unspecified atom stereocenters. The molecule has 2 aromatic carbocycles. The Hall–Kier alpha value is -3.83. The summed E-state index contributed by atoms with van der Waals surface area (Å²) < 4.78 is 16.6. The van der Waals surface area contributed by atoms with E-state index in [1.807, 2.05) is 30.3 Å². The highest BCUT2D eigenvalue weighted by Gasteiger charge is 2.26. The van der Waals surface area contributed by atoms with Crippen LogP contribution in [0.1, 0.15) is 5.56 Å². The zero-order valence-corrected chi connectivity index (χ0v) is 17.1. The number of rotatable bonds is 7. The molecule has 2 heterocycles. The summed E-state index contributed by atoms with van der Waals surface area (Å²) in [7, 11) is 1.64. The van der Waals surface area contributed by atoms with Gasteiger partial charge in [-0.1, -0.05) is 12.1 Å². The van der Waals surface area contributed by atoms with Gasteiger partial charge in [0.1, 0.15) is 31.1 Å². The minimum absolute atomic E-state index is 0.342. The Labute approximate surface area is 180 Å². The molecule has 4 rings (SSSR count). The number of carbonyl (C=O) groups is 1. The van der Waals surface area contributed by atoms with Gasteiger partial charge in [0.15, 0.2) is 5.75 Å². The third-order valence-corrected chi connectivity index (χ3v) is 4.87. The minimum atomic E-state index is -0.402. The van der Waals surface area contributed by atoms with Crippen LogP contribution in [0, 0.1) is 12.3 Å². The van der Waals surface area contributed by atoms with Crippen molar-refractivity contribution in [2.24, 2.45) is 0 Å². The largest absolute Gasteiger partial charge is 0.491 e. The number of nitrogens with one attached hydrogen (secondary N) is 1. The average Bonchev–Trinajstić information content (AvgIpc) is 2.82. The molecule has 1 aliphatic rings. The van der Waals surface area contributed by atoms with Crippen molar-refractivity contribution in [3.05, 3.63) is 48.3 Å². The summed E-state index contributed by atoms with van der Waals surface area (Å²) in [5.74, 6) is 3.70. The van der Waals surface area contributed by atoms with E-state index in [1.165, 1.54) is 11.2 Å². The number of carbonyl (C=O) groups excluding carboxylic acids is 1. The van der Waals surface area contributed by atoms with Crippen molar-refractivity contribution in [3.63, 3.8) is 0 Å². The van der Waals surface area contributed by atoms with Crippen molar-refractivity contribution in [1.82, 2.24) is 9.97 Å². The highest BCUT2D eigenvalue weighted by Crippen LogP contribution is 2.40. The van der Waals surface area contributed by atoms with Gasteiger partial charge in [-0.05, 0) is 35.7 Å². The molecule has 1 aliphatic heterocycles. The number of fused-ring (bicyclic) bond motifs is 3. The molecule has 0 saturated heterocycles. The molecule has 0 atom stereocenters. The molecular formula is C23H22N4O4. The van der Waals surface area contributed by atoms with Gasteiger partial charge in [0.05, 0.1) is 29.7 Å². The average molecular weight is 418 g/mol. The van der Waals surface area contributed by atoms with Crippen LogP contribution in [0.4, 0.5) is 11.5 Å². The van der Waals surface area contributed by atoms with E-state index in [0.717, 1.165) is 11.3 Å². The highest BCUT2D eigenvalue weighted by molar-refractivity contribution is 6.09. The van der Waals surface area contributed by atoms with Gasteiger partial charge in [0.2, 0.25) is 0 Å². The molecule has 0 radical (unpaired) electrons. The van der Waals surface area contributed by atoms with Crippen LogP contribution >= 0.6 is 0 Å². The van der Waals surface area contributed by atoms with E-state index < -0.39 is 5.91 Å². The first kappa shape index (κ1) is 20.4. The molecule has 0 spiro atoms. The Morgan fingerprint density at radius 3 is 3.03 bits per heavy atom. The van der Waals surface area contributed by atoms with Crippen LogP contribution in [0.3, 0.4) is 0 Å². The summed E-state index contributed by atoms with van der Waals surface area (Å²) in [6, 6.07) is 11.4. The second kappa shape index (κ2) is 9.32. The quantitative estimate of drug-likeness (QED) is 0.466. The Kier molecular flexibility index (Phi) is 6.15. The number of anilines is 2. The van der Waals surface area contributed by atoms with Gasteiger partial charge in [-0.15, -0.1) is 6.42 Å². The lowest BCUT2D eigenvalue weighted by Crippen LogP contribution is -2.37. The number of benzene rings is 2. The highest BCUT2D eigenvalue weighted by atomic mass is 16.5. The number of nitrogens with zero attached hydrogens (tertiary/aromatic N) is 3. The Balaban J connectivity index is 1.61. The summed E-state index contributed by atoms with van der Waals surface area (Å²) in [6.07, 6.45) is 6.82. The molecule has 1 amide bonds. The fourth-order valence-electron chi connectivity index (χ4n) is 3.43.